The number of hydrogen-bond donors (Lipinski definition) is 1. The first-order valence-electron chi connectivity index (χ1n) is 8.39. The highest BCUT2D eigenvalue weighted by Gasteiger charge is 2.36. The van der Waals surface area contributed by atoms with Crippen molar-refractivity contribution in [3.8, 4) is 0 Å². The fourth-order valence-electron chi connectivity index (χ4n) is 2.39. The summed E-state index contributed by atoms with van der Waals surface area (Å²) in [6.07, 6.45) is -6.41. The Hall–Kier alpha value is -3.43. The monoisotopic (exact) mass is 410 g/mol. The van der Waals surface area contributed by atoms with Gasteiger partial charge in [-0.15, -0.1) is 0 Å². The molecule has 0 aromatic heterocycles. The van der Waals surface area contributed by atoms with Crippen LogP contribution in [0.1, 0.15) is 23.6 Å². The van der Waals surface area contributed by atoms with Crippen molar-refractivity contribution in [3.63, 3.8) is 0 Å². The molecule has 1 amide bonds. The van der Waals surface area contributed by atoms with Crippen LogP contribution in [0, 0.1) is 17.0 Å². The topological polar surface area (TPSA) is 98.5 Å². The standard InChI is InChI=1S/C19H17F3N2O5/c1-11-3-5-13(6-4-11)9-17(25)29-12(2)18(26)23-16-8-7-14(24(27)28)10-15(16)19(20,21)22/h3-8,10,12H,9H2,1-2H3,(H,23,26)/t12-/m0/s1. The lowest BCUT2D eigenvalue weighted by atomic mass is 10.1. The molecule has 2 rings (SSSR count). The van der Waals surface area contributed by atoms with Crippen molar-refractivity contribution in [2.45, 2.75) is 32.5 Å². The lowest BCUT2D eigenvalue weighted by Crippen LogP contribution is -2.31. The number of carbonyl (C=O) groups excluding carboxylic acids is 2. The van der Waals surface area contributed by atoms with E-state index in [2.05, 4.69) is 0 Å². The number of hydrogen-bond acceptors (Lipinski definition) is 5. The number of ether oxygens (including phenoxy) is 1. The first-order chi connectivity index (χ1) is 13.5. The molecular weight excluding hydrogens is 393 g/mol. The number of aryl methyl sites for hydroxylation is 1. The maximum absolute atomic E-state index is 13.2. The molecule has 0 saturated heterocycles. The van der Waals surface area contributed by atoms with Gasteiger partial charge in [0.25, 0.3) is 11.6 Å². The van der Waals surface area contributed by atoms with Crippen LogP contribution in [-0.2, 0) is 26.9 Å². The van der Waals surface area contributed by atoms with Crippen molar-refractivity contribution in [1.29, 1.82) is 0 Å². The van der Waals surface area contributed by atoms with E-state index in [1.54, 1.807) is 24.3 Å². The van der Waals surface area contributed by atoms with Crippen molar-refractivity contribution in [1.82, 2.24) is 0 Å². The third-order valence-electron chi connectivity index (χ3n) is 3.92. The Bertz CT molecular complexity index is 926. The summed E-state index contributed by atoms with van der Waals surface area (Å²) in [5.41, 5.74) is -1.16. The number of esters is 1. The van der Waals surface area contributed by atoms with Gasteiger partial charge in [0.2, 0.25) is 0 Å². The zero-order valence-corrected chi connectivity index (χ0v) is 15.4. The number of amides is 1. The minimum atomic E-state index is -4.93. The van der Waals surface area contributed by atoms with E-state index < -0.39 is 46.0 Å². The van der Waals surface area contributed by atoms with Gasteiger partial charge in [-0.2, -0.15) is 13.2 Å². The molecule has 29 heavy (non-hydrogen) atoms. The highest BCUT2D eigenvalue weighted by molar-refractivity contribution is 5.96. The van der Waals surface area contributed by atoms with Crippen molar-refractivity contribution in [3.05, 3.63) is 69.3 Å². The number of halogens is 3. The molecule has 0 aliphatic rings. The predicted molar refractivity (Wildman–Crippen MR) is 97.2 cm³/mol. The largest absolute Gasteiger partial charge is 0.452 e. The van der Waals surface area contributed by atoms with Crippen molar-refractivity contribution in [2.24, 2.45) is 0 Å². The third kappa shape index (κ3) is 6.03. The summed E-state index contributed by atoms with van der Waals surface area (Å²) in [4.78, 5) is 33.8. The summed E-state index contributed by atoms with van der Waals surface area (Å²) in [6.45, 7) is 3.09. The molecule has 0 radical (unpaired) electrons. The lowest BCUT2D eigenvalue weighted by Gasteiger charge is -2.17. The van der Waals surface area contributed by atoms with E-state index in [1.807, 2.05) is 12.2 Å². The van der Waals surface area contributed by atoms with Crippen LogP contribution >= 0.6 is 0 Å². The highest BCUT2D eigenvalue weighted by atomic mass is 19.4. The van der Waals surface area contributed by atoms with Gasteiger partial charge in [-0.3, -0.25) is 19.7 Å². The number of nitrogens with zero attached hydrogens (tertiary/aromatic N) is 1. The van der Waals surface area contributed by atoms with Gasteiger partial charge in [0, 0.05) is 12.1 Å². The summed E-state index contributed by atoms with van der Waals surface area (Å²) < 4.78 is 44.5. The van der Waals surface area contributed by atoms with Crippen molar-refractivity contribution < 1.29 is 32.4 Å². The number of rotatable bonds is 6. The Labute approximate surface area is 163 Å². The van der Waals surface area contributed by atoms with Crippen LogP contribution in [0.2, 0.25) is 0 Å². The van der Waals surface area contributed by atoms with Gasteiger partial charge in [0.1, 0.15) is 0 Å². The lowest BCUT2D eigenvalue weighted by molar-refractivity contribution is -0.385. The van der Waals surface area contributed by atoms with E-state index >= 15 is 0 Å². The van der Waals surface area contributed by atoms with Gasteiger partial charge >= 0.3 is 12.1 Å². The number of nitrogens with one attached hydrogen (secondary N) is 1. The van der Waals surface area contributed by atoms with Gasteiger partial charge in [-0.1, -0.05) is 29.8 Å². The van der Waals surface area contributed by atoms with E-state index in [-0.39, 0.29) is 6.42 Å². The molecule has 0 saturated carbocycles. The van der Waals surface area contributed by atoms with E-state index in [0.29, 0.717) is 11.6 Å². The molecule has 154 valence electrons. The number of non-ortho nitro benzene ring substituents is 1. The van der Waals surface area contributed by atoms with E-state index in [1.165, 1.54) is 6.92 Å². The van der Waals surface area contributed by atoms with E-state index in [0.717, 1.165) is 17.7 Å². The van der Waals surface area contributed by atoms with Gasteiger partial charge in [-0.05, 0) is 25.5 Å². The first kappa shape index (κ1) is 21.9. The van der Waals surface area contributed by atoms with Crippen LogP contribution < -0.4 is 5.32 Å². The molecule has 1 N–H and O–H groups in total. The number of benzene rings is 2. The van der Waals surface area contributed by atoms with Gasteiger partial charge < -0.3 is 10.1 Å². The molecule has 2 aromatic carbocycles. The quantitative estimate of drug-likeness (QED) is 0.440. The smallest absolute Gasteiger partial charge is 0.418 e. The second-order valence-electron chi connectivity index (χ2n) is 6.27. The molecule has 0 aliphatic heterocycles. The highest BCUT2D eigenvalue weighted by Crippen LogP contribution is 2.37. The predicted octanol–water partition coefficient (Wildman–Crippen LogP) is 4.03. The molecule has 0 fully saturated rings. The molecule has 2 aromatic rings. The second-order valence-corrected chi connectivity index (χ2v) is 6.27. The van der Waals surface area contributed by atoms with Crippen molar-refractivity contribution in [2.75, 3.05) is 5.32 Å². The minimum absolute atomic E-state index is 0.108. The molecule has 0 bridgehead atoms. The Balaban J connectivity index is 2.07. The molecule has 0 aliphatic carbocycles. The Morgan fingerprint density at radius 2 is 1.79 bits per heavy atom. The molecule has 7 nitrogen and oxygen atoms in total. The SMILES string of the molecule is Cc1ccc(CC(=O)O[C@@H](C)C(=O)Nc2ccc([N+](=O)[O-])cc2C(F)(F)F)cc1. The van der Waals surface area contributed by atoms with Gasteiger partial charge in [0.05, 0.1) is 22.6 Å². The maximum Gasteiger partial charge on any atom is 0.418 e. The van der Waals surface area contributed by atoms with Crippen LogP contribution in [0.25, 0.3) is 0 Å². The number of alkyl halides is 3. The van der Waals surface area contributed by atoms with Crippen LogP contribution in [0.5, 0.6) is 0 Å². The number of anilines is 1. The third-order valence-corrected chi connectivity index (χ3v) is 3.92. The number of nitro benzene ring substituents is 1. The summed E-state index contributed by atoms with van der Waals surface area (Å²) in [5, 5.41) is 12.7. The Kier molecular flexibility index (Phi) is 6.57. The van der Waals surface area contributed by atoms with Crippen LogP contribution in [0.3, 0.4) is 0 Å². The Morgan fingerprint density at radius 1 is 1.17 bits per heavy atom. The van der Waals surface area contributed by atoms with Crippen LogP contribution in [0.4, 0.5) is 24.5 Å². The van der Waals surface area contributed by atoms with Gasteiger partial charge in [-0.25, -0.2) is 0 Å². The maximum atomic E-state index is 13.2. The summed E-state index contributed by atoms with van der Waals surface area (Å²) in [5.74, 6) is -1.72. The normalized spacial score (nSPS) is 12.2. The number of nitro groups is 1. The van der Waals surface area contributed by atoms with Crippen LogP contribution in [-0.4, -0.2) is 22.9 Å². The van der Waals surface area contributed by atoms with E-state index in [4.69, 9.17) is 4.74 Å². The fraction of sp³-hybridized carbons (Fsp3) is 0.263. The second kappa shape index (κ2) is 8.72. The fourth-order valence-corrected chi connectivity index (χ4v) is 2.39. The molecule has 0 unspecified atom stereocenters. The van der Waals surface area contributed by atoms with Gasteiger partial charge in [0.15, 0.2) is 6.10 Å². The van der Waals surface area contributed by atoms with Crippen molar-refractivity contribution >= 4 is 23.3 Å². The zero-order chi connectivity index (χ0) is 21.8. The summed E-state index contributed by atoms with van der Waals surface area (Å²) in [7, 11) is 0. The van der Waals surface area contributed by atoms with E-state index in [9.17, 15) is 32.9 Å². The number of carbonyl (C=O) groups is 2. The summed E-state index contributed by atoms with van der Waals surface area (Å²) in [6, 6.07) is 8.96. The molecule has 0 heterocycles. The first-order valence-corrected chi connectivity index (χ1v) is 8.39. The molecule has 1 atom stereocenters. The Morgan fingerprint density at radius 3 is 2.34 bits per heavy atom. The average molecular weight is 410 g/mol. The minimum Gasteiger partial charge on any atom is -0.452 e. The molecule has 0 spiro atoms. The molecular formula is C19H17F3N2O5. The zero-order valence-electron chi connectivity index (χ0n) is 15.4. The van der Waals surface area contributed by atoms with Crippen LogP contribution in [0.15, 0.2) is 42.5 Å². The summed E-state index contributed by atoms with van der Waals surface area (Å²) >= 11 is 0. The average Bonchev–Trinajstić information content (AvgIpc) is 2.62. The molecule has 10 heteroatoms.